The second kappa shape index (κ2) is 8.42. The summed E-state index contributed by atoms with van der Waals surface area (Å²) < 4.78 is 5.14. The molecule has 148 valence electrons. The number of fused-ring (bicyclic) bond motifs is 1. The first-order chi connectivity index (χ1) is 13.4. The van der Waals surface area contributed by atoms with Gasteiger partial charge in [0.25, 0.3) is 0 Å². The van der Waals surface area contributed by atoms with Crippen LogP contribution < -0.4 is 16.4 Å². The Hall–Kier alpha value is -2.88. The number of carbonyl (C=O) groups excluding carboxylic acids is 1. The van der Waals surface area contributed by atoms with Gasteiger partial charge in [-0.2, -0.15) is 10.2 Å². The van der Waals surface area contributed by atoms with E-state index >= 15 is 0 Å². The summed E-state index contributed by atoms with van der Waals surface area (Å²) in [6.07, 6.45) is 6.35. The Labute approximate surface area is 164 Å². The van der Waals surface area contributed by atoms with Gasteiger partial charge in [-0.15, -0.1) is 0 Å². The molecule has 0 radical (unpaired) electrons. The monoisotopic (exact) mass is 382 g/mol. The number of hydrogen-bond donors (Lipinski definition) is 2. The molecule has 1 fully saturated rings. The molecule has 0 saturated heterocycles. The number of anilines is 1. The molecule has 7 heteroatoms. The maximum Gasteiger partial charge on any atom is 0.441 e. The van der Waals surface area contributed by atoms with Gasteiger partial charge in [0.05, 0.1) is 11.5 Å². The minimum Gasteiger partial charge on any atom is -0.408 e. The van der Waals surface area contributed by atoms with Gasteiger partial charge >= 0.3 is 5.76 Å². The van der Waals surface area contributed by atoms with Crippen LogP contribution in [0.3, 0.4) is 0 Å². The summed E-state index contributed by atoms with van der Waals surface area (Å²) in [4.78, 5) is 28.8. The molecule has 1 saturated carbocycles. The zero-order valence-electron chi connectivity index (χ0n) is 16.3. The minimum atomic E-state index is -0.977. The standard InChI is InChI=1S/C21H26N4O3/c1-21(2,13-22)25-19(26)16(12-14-8-4-3-5-9-14)23-18-15-10-6-7-11-17(15)28-20(27)24-18/h6-7,10-11,14,16H,3-5,8-9,12H2,1-2H3,(H,25,26)(H,23,24,27). The lowest BCUT2D eigenvalue weighted by molar-refractivity contribution is -0.123. The largest absolute Gasteiger partial charge is 0.441 e. The Morgan fingerprint density at radius 2 is 2.04 bits per heavy atom. The predicted molar refractivity (Wildman–Crippen MR) is 107 cm³/mol. The van der Waals surface area contributed by atoms with Crippen molar-refractivity contribution < 1.29 is 9.21 Å². The lowest BCUT2D eigenvalue weighted by atomic mass is 9.84. The van der Waals surface area contributed by atoms with Crippen LogP contribution in [0.4, 0.5) is 5.82 Å². The van der Waals surface area contributed by atoms with E-state index in [4.69, 9.17) is 4.42 Å². The molecule has 1 atom stereocenters. The van der Waals surface area contributed by atoms with Crippen LogP contribution in [0, 0.1) is 17.2 Å². The van der Waals surface area contributed by atoms with E-state index in [-0.39, 0.29) is 5.91 Å². The molecule has 3 rings (SSSR count). The molecule has 0 bridgehead atoms. The van der Waals surface area contributed by atoms with E-state index in [0.29, 0.717) is 29.1 Å². The topological polar surface area (TPSA) is 108 Å². The van der Waals surface area contributed by atoms with Gasteiger partial charge in [0.1, 0.15) is 23.0 Å². The first-order valence-electron chi connectivity index (χ1n) is 9.78. The van der Waals surface area contributed by atoms with Crippen molar-refractivity contribution in [1.29, 1.82) is 5.26 Å². The van der Waals surface area contributed by atoms with Crippen molar-refractivity contribution in [3.8, 4) is 6.07 Å². The summed E-state index contributed by atoms with van der Waals surface area (Å²) in [5.41, 5.74) is -0.561. The minimum absolute atomic E-state index is 0.267. The lowest BCUT2D eigenvalue weighted by Crippen LogP contribution is -2.50. The van der Waals surface area contributed by atoms with Crippen molar-refractivity contribution in [2.45, 2.75) is 64.0 Å². The predicted octanol–water partition coefficient (Wildman–Crippen LogP) is 3.36. The van der Waals surface area contributed by atoms with Gasteiger partial charge in [-0.1, -0.05) is 44.2 Å². The number of hydrogen-bond acceptors (Lipinski definition) is 6. The van der Waals surface area contributed by atoms with Crippen molar-refractivity contribution >= 4 is 22.7 Å². The molecule has 1 aromatic carbocycles. The number of carbonyl (C=O) groups is 1. The Morgan fingerprint density at radius 3 is 2.75 bits per heavy atom. The van der Waals surface area contributed by atoms with Gasteiger partial charge in [-0.05, 0) is 38.3 Å². The van der Waals surface area contributed by atoms with Crippen LogP contribution in [-0.2, 0) is 4.79 Å². The zero-order chi connectivity index (χ0) is 20.1. The van der Waals surface area contributed by atoms with Crippen LogP contribution in [-0.4, -0.2) is 22.5 Å². The van der Waals surface area contributed by atoms with E-state index in [2.05, 4.69) is 21.7 Å². The van der Waals surface area contributed by atoms with Crippen molar-refractivity contribution in [3.05, 3.63) is 34.8 Å². The van der Waals surface area contributed by atoms with E-state index in [0.717, 1.165) is 12.8 Å². The Morgan fingerprint density at radius 1 is 1.32 bits per heavy atom. The maximum atomic E-state index is 13.0. The highest BCUT2D eigenvalue weighted by molar-refractivity contribution is 5.91. The molecule has 1 aliphatic rings. The number of nitrogens with one attached hydrogen (secondary N) is 2. The number of rotatable bonds is 6. The summed E-state index contributed by atoms with van der Waals surface area (Å²) in [5, 5.41) is 15.9. The summed E-state index contributed by atoms with van der Waals surface area (Å²) in [5.74, 6) is -0.224. The first kappa shape index (κ1) is 19.9. The number of nitrogens with zero attached hydrogens (tertiary/aromatic N) is 2. The van der Waals surface area contributed by atoms with Crippen LogP contribution in [0.5, 0.6) is 0 Å². The molecule has 2 aromatic rings. The maximum absolute atomic E-state index is 13.0. The van der Waals surface area contributed by atoms with E-state index < -0.39 is 17.3 Å². The molecular formula is C21H26N4O3. The average Bonchev–Trinajstić information content (AvgIpc) is 2.68. The third-order valence-electron chi connectivity index (χ3n) is 5.18. The fourth-order valence-electron chi connectivity index (χ4n) is 3.71. The Bertz CT molecular complexity index is 939. The average molecular weight is 382 g/mol. The molecule has 1 unspecified atom stereocenters. The van der Waals surface area contributed by atoms with E-state index in [1.807, 2.05) is 6.07 Å². The SMILES string of the molecule is CC(C)(C#N)NC(=O)C(CC1CCCCC1)Nc1nc(=O)oc2ccccc12. The number of nitriles is 1. The fourth-order valence-corrected chi connectivity index (χ4v) is 3.71. The smallest absolute Gasteiger partial charge is 0.408 e. The lowest BCUT2D eigenvalue weighted by Gasteiger charge is -2.29. The molecule has 1 aliphatic carbocycles. The highest BCUT2D eigenvalue weighted by Gasteiger charge is 2.29. The molecule has 1 amide bonds. The normalized spacial score (nSPS) is 16.3. The molecule has 7 nitrogen and oxygen atoms in total. The quantitative estimate of drug-likeness (QED) is 0.793. The third-order valence-corrected chi connectivity index (χ3v) is 5.18. The van der Waals surface area contributed by atoms with Crippen molar-refractivity contribution in [2.75, 3.05) is 5.32 Å². The van der Waals surface area contributed by atoms with Crippen LogP contribution in [0.2, 0.25) is 0 Å². The third kappa shape index (κ3) is 4.89. The molecule has 1 aromatic heterocycles. The molecule has 1 heterocycles. The molecule has 28 heavy (non-hydrogen) atoms. The summed E-state index contributed by atoms with van der Waals surface area (Å²) in [7, 11) is 0. The highest BCUT2D eigenvalue weighted by atomic mass is 16.4. The summed E-state index contributed by atoms with van der Waals surface area (Å²) in [6.45, 7) is 3.32. The Balaban J connectivity index is 1.89. The van der Waals surface area contributed by atoms with E-state index in [1.54, 1.807) is 32.0 Å². The van der Waals surface area contributed by atoms with Crippen LogP contribution in [0.25, 0.3) is 11.0 Å². The number of para-hydroxylation sites is 1. The van der Waals surface area contributed by atoms with Gasteiger partial charge in [0.2, 0.25) is 5.91 Å². The summed E-state index contributed by atoms with van der Waals surface area (Å²) >= 11 is 0. The van der Waals surface area contributed by atoms with Crippen molar-refractivity contribution in [2.24, 2.45) is 5.92 Å². The van der Waals surface area contributed by atoms with Crippen LogP contribution >= 0.6 is 0 Å². The fraction of sp³-hybridized carbons (Fsp3) is 0.524. The first-order valence-corrected chi connectivity index (χ1v) is 9.78. The second-order valence-corrected chi connectivity index (χ2v) is 7.99. The van der Waals surface area contributed by atoms with Gasteiger partial charge in [-0.25, -0.2) is 4.79 Å². The van der Waals surface area contributed by atoms with Gasteiger partial charge < -0.3 is 15.1 Å². The van der Waals surface area contributed by atoms with Crippen molar-refractivity contribution in [1.82, 2.24) is 10.3 Å². The summed E-state index contributed by atoms with van der Waals surface area (Å²) in [6, 6.07) is 8.59. The number of benzene rings is 1. The molecule has 0 spiro atoms. The Kier molecular flexibility index (Phi) is 5.98. The highest BCUT2D eigenvalue weighted by Crippen LogP contribution is 2.29. The van der Waals surface area contributed by atoms with E-state index in [1.165, 1.54) is 19.3 Å². The van der Waals surface area contributed by atoms with Gasteiger partial charge in [0.15, 0.2) is 0 Å². The molecule has 2 N–H and O–H groups in total. The van der Waals surface area contributed by atoms with Crippen molar-refractivity contribution in [3.63, 3.8) is 0 Å². The van der Waals surface area contributed by atoms with E-state index in [9.17, 15) is 14.9 Å². The van der Waals surface area contributed by atoms with Gasteiger partial charge in [0, 0.05) is 0 Å². The second-order valence-electron chi connectivity index (χ2n) is 7.99. The molecule has 0 aliphatic heterocycles. The number of aromatic nitrogens is 1. The number of amides is 1. The molecular weight excluding hydrogens is 356 g/mol. The van der Waals surface area contributed by atoms with Crippen LogP contribution in [0.15, 0.2) is 33.5 Å². The van der Waals surface area contributed by atoms with Gasteiger partial charge in [-0.3, -0.25) is 4.79 Å². The van der Waals surface area contributed by atoms with Crippen LogP contribution in [0.1, 0.15) is 52.4 Å². The zero-order valence-corrected chi connectivity index (χ0v) is 16.3.